The summed E-state index contributed by atoms with van der Waals surface area (Å²) >= 11 is 0. The van der Waals surface area contributed by atoms with Crippen molar-refractivity contribution < 1.29 is 14.6 Å². The fourth-order valence-electron chi connectivity index (χ4n) is 3.61. The third-order valence-electron chi connectivity index (χ3n) is 5.53. The van der Waals surface area contributed by atoms with Gasteiger partial charge in [-0.25, -0.2) is 0 Å². The Morgan fingerprint density at radius 1 is 0.710 bits per heavy atom. The van der Waals surface area contributed by atoms with Crippen molar-refractivity contribution in [2.45, 2.75) is 110 Å². The summed E-state index contributed by atoms with van der Waals surface area (Å²) in [6.45, 7) is 4.22. The van der Waals surface area contributed by atoms with Gasteiger partial charge in [0.2, 0.25) is 0 Å². The Labute approximate surface area is 192 Å². The molecule has 0 bridgehead atoms. The molecule has 1 aromatic carbocycles. The van der Waals surface area contributed by atoms with Crippen LogP contribution in [0.4, 0.5) is 0 Å². The maximum absolute atomic E-state index is 9.91. The summed E-state index contributed by atoms with van der Waals surface area (Å²) in [7, 11) is 0. The molecule has 0 fully saturated rings. The Morgan fingerprint density at radius 2 is 1.26 bits per heavy atom. The van der Waals surface area contributed by atoms with E-state index in [1.54, 1.807) is 0 Å². The van der Waals surface area contributed by atoms with Gasteiger partial charge in [-0.3, -0.25) is 0 Å². The van der Waals surface area contributed by atoms with Gasteiger partial charge in [0.1, 0.15) is 6.10 Å². The van der Waals surface area contributed by atoms with E-state index in [-0.39, 0.29) is 0 Å². The molecule has 0 aliphatic carbocycles. The Bertz CT molecular complexity index is 500. The molecule has 1 rings (SSSR count). The molecular weight excluding hydrogens is 384 g/mol. The van der Waals surface area contributed by atoms with Crippen LogP contribution >= 0.6 is 0 Å². The molecule has 178 valence electrons. The van der Waals surface area contributed by atoms with Gasteiger partial charge in [0.25, 0.3) is 0 Å². The van der Waals surface area contributed by atoms with Crippen LogP contribution in [0.15, 0.2) is 42.5 Å². The van der Waals surface area contributed by atoms with Crippen LogP contribution in [0.25, 0.3) is 0 Å². The molecule has 0 saturated carbocycles. The van der Waals surface area contributed by atoms with Gasteiger partial charge in [-0.1, -0.05) is 107 Å². The first-order valence-electron chi connectivity index (χ1n) is 12.9. The minimum Gasteiger partial charge on any atom is -0.388 e. The first-order valence-corrected chi connectivity index (χ1v) is 12.9. The van der Waals surface area contributed by atoms with Crippen LogP contribution in [0.2, 0.25) is 0 Å². The van der Waals surface area contributed by atoms with Gasteiger partial charge in [0, 0.05) is 6.61 Å². The Morgan fingerprint density at radius 3 is 1.90 bits per heavy atom. The van der Waals surface area contributed by atoms with E-state index in [9.17, 15) is 5.11 Å². The van der Waals surface area contributed by atoms with Crippen molar-refractivity contribution in [2.75, 3.05) is 19.8 Å². The van der Waals surface area contributed by atoms with Crippen LogP contribution in [-0.2, 0) is 16.1 Å². The largest absolute Gasteiger partial charge is 0.388 e. The van der Waals surface area contributed by atoms with Crippen LogP contribution in [-0.4, -0.2) is 31.0 Å². The topological polar surface area (TPSA) is 38.7 Å². The SMILES string of the molecule is CCCCCCCCC=CCCCCCCCCOC[C@@H](O)COCc1ccccc1. The van der Waals surface area contributed by atoms with Crippen molar-refractivity contribution in [1.82, 2.24) is 0 Å². The number of allylic oxidation sites excluding steroid dienone is 2. The van der Waals surface area contributed by atoms with Gasteiger partial charge in [-0.2, -0.15) is 0 Å². The predicted octanol–water partition coefficient (Wildman–Crippen LogP) is 7.62. The number of benzene rings is 1. The minimum atomic E-state index is -0.544. The summed E-state index contributed by atoms with van der Waals surface area (Å²) in [5.74, 6) is 0. The van der Waals surface area contributed by atoms with E-state index in [4.69, 9.17) is 9.47 Å². The molecule has 0 spiro atoms. The molecule has 0 aliphatic heterocycles. The van der Waals surface area contributed by atoms with Crippen LogP contribution in [0.3, 0.4) is 0 Å². The lowest BCUT2D eigenvalue weighted by Crippen LogP contribution is -2.22. The second kappa shape index (κ2) is 22.0. The van der Waals surface area contributed by atoms with E-state index < -0.39 is 6.10 Å². The maximum Gasteiger partial charge on any atom is 0.101 e. The number of hydrogen-bond donors (Lipinski definition) is 1. The van der Waals surface area contributed by atoms with Crippen molar-refractivity contribution in [3.8, 4) is 0 Å². The maximum atomic E-state index is 9.91. The highest BCUT2D eigenvalue weighted by molar-refractivity contribution is 5.13. The molecule has 0 radical (unpaired) electrons. The quantitative estimate of drug-likeness (QED) is 0.151. The highest BCUT2D eigenvalue weighted by Crippen LogP contribution is 2.10. The average Bonchev–Trinajstić information content (AvgIpc) is 2.79. The zero-order valence-electron chi connectivity index (χ0n) is 20.1. The average molecular weight is 433 g/mol. The van der Waals surface area contributed by atoms with Gasteiger partial charge in [-0.05, 0) is 37.7 Å². The first-order chi connectivity index (χ1) is 15.3. The third kappa shape index (κ3) is 19.3. The van der Waals surface area contributed by atoms with E-state index in [2.05, 4.69) is 19.1 Å². The highest BCUT2D eigenvalue weighted by Gasteiger charge is 2.04. The molecular formula is C28H48O3. The van der Waals surface area contributed by atoms with Crippen molar-refractivity contribution in [2.24, 2.45) is 0 Å². The lowest BCUT2D eigenvalue weighted by Gasteiger charge is -2.12. The van der Waals surface area contributed by atoms with Crippen LogP contribution in [0, 0.1) is 0 Å². The third-order valence-corrected chi connectivity index (χ3v) is 5.53. The minimum absolute atomic E-state index is 0.322. The molecule has 0 unspecified atom stereocenters. The summed E-state index contributed by atoms with van der Waals surface area (Å²) in [5, 5.41) is 9.91. The highest BCUT2D eigenvalue weighted by atomic mass is 16.5. The Kier molecular flexibility index (Phi) is 19.8. The van der Waals surface area contributed by atoms with E-state index in [1.807, 2.05) is 30.3 Å². The Hall–Kier alpha value is -1.16. The summed E-state index contributed by atoms with van der Waals surface area (Å²) in [6, 6.07) is 10.0. The molecule has 0 amide bonds. The molecule has 0 aliphatic rings. The van der Waals surface area contributed by atoms with Gasteiger partial charge in [0.05, 0.1) is 19.8 Å². The number of ether oxygens (including phenoxy) is 2. The van der Waals surface area contributed by atoms with Gasteiger partial charge < -0.3 is 14.6 Å². The number of unbranched alkanes of at least 4 members (excludes halogenated alkanes) is 12. The van der Waals surface area contributed by atoms with E-state index in [0.29, 0.717) is 19.8 Å². The molecule has 1 aromatic rings. The normalized spacial score (nSPS) is 12.6. The van der Waals surface area contributed by atoms with Gasteiger partial charge in [-0.15, -0.1) is 0 Å². The second-order valence-electron chi connectivity index (χ2n) is 8.67. The van der Waals surface area contributed by atoms with Crippen LogP contribution in [0.5, 0.6) is 0 Å². The zero-order chi connectivity index (χ0) is 22.2. The van der Waals surface area contributed by atoms with Crippen LogP contribution in [0.1, 0.15) is 102 Å². The summed E-state index contributed by atoms with van der Waals surface area (Å²) in [4.78, 5) is 0. The van der Waals surface area contributed by atoms with Gasteiger partial charge >= 0.3 is 0 Å². The standard InChI is InChI=1S/C28H48O3/c1-2-3-4-5-6-7-8-9-10-11-12-13-14-15-16-20-23-30-25-28(29)26-31-24-27-21-18-17-19-22-27/h9-10,17-19,21-22,28-29H,2-8,11-16,20,23-26H2,1H3/t28-/m1/s1. The van der Waals surface area contributed by atoms with Crippen molar-refractivity contribution in [3.05, 3.63) is 48.0 Å². The molecule has 0 aromatic heterocycles. The smallest absolute Gasteiger partial charge is 0.101 e. The molecule has 3 heteroatoms. The summed E-state index contributed by atoms with van der Waals surface area (Å²) < 4.78 is 11.1. The molecule has 31 heavy (non-hydrogen) atoms. The molecule has 3 nitrogen and oxygen atoms in total. The van der Waals surface area contributed by atoms with E-state index >= 15 is 0 Å². The first kappa shape index (κ1) is 27.9. The van der Waals surface area contributed by atoms with E-state index in [1.165, 1.54) is 83.5 Å². The van der Waals surface area contributed by atoms with E-state index in [0.717, 1.165) is 18.6 Å². The van der Waals surface area contributed by atoms with Gasteiger partial charge in [0.15, 0.2) is 0 Å². The number of rotatable bonds is 22. The summed E-state index contributed by atoms with van der Waals surface area (Å²) in [5.41, 5.74) is 1.12. The molecule has 1 N–H and O–H groups in total. The molecule has 0 saturated heterocycles. The number of aliphatic hydroxyl groups excluding tert-OH is 1. The Balaban J connectivity index is 1.76. The summed E-state index contributed by atoms with van der Waals surface area (Å²) in [6.07, 6.45) is 22.6. The van der Waals surface area contributed by atoms with Crippen LogP contribution < -0.4 is 0 Å². The number of hydrogen-bond acceptors (Lipinski definition) is 3. The van der Waals surface area contributed by atoms with Crippen molar-refractivity contribution in [1.29, 1.82) is 0 Å². The monoisotopic (exact) mass is 432 g/mol. The second-order valence-corrected chi connectivity index (χ2v) is 8.67. The lowest BCUT2D eigenvalue weighted by atomic mass is 10.1. The number of aliphatic hydroxyl groups is 1. The van der Waals surface area contributed by atoms with Crippen molar-refractivity contribution >= 4 is 0 Å². The molecule has 0 heterocycles. The lowest BCUT2D eigenvalue weighted by molar-refractivity contribution is -0.0239. The predicted molar refractivity (Wildman–Crippen MR) is 132 cm³/mol. The zero-order valence-corrected chi connectivity index (χ0v) is 20.1. The molecule has 1 atom stereocenters. The van der Waals surface area contributed by atoms with Crippen molar-refractivity contribution in [3.63, 3.8) is 0 Å². The fraction of sp³-hybridized carbons (Fsp3) is 0.714. The fourth-order valence-corrected chi connectivity index (χ4v) is 3.61.